The summed E-state index contributed by atoms with van der Waals surface area (Å²) in [6.07, 6.45) is 7.99. The summed E-state index contributed by atoms with van der Waals surface area (Å²) in [6.45, 7) is 8.27. The third-order valence-corrected chi connectivity index (χ3v) is 1.65. The van der Waals surface area contributed by atoms with Crippen molar-refractivity contribution in [3.05, 3.63) is 35.6 Å². The van der Waals surface area contributed by atoms with E-state index in [1.165, 1.54) is 5.57 Å². The highest BCUT2D eigenvalue weighted by atomic mass is 14.6. The molecule has 0 saturated carbocycles. The van der Waals surface area contributed by atoms with Gasteiger partial charge in [0.15, 0.2) is 0 Å². The highest BCUT2D eigenvalue weighted by Crippen LogP contribution is 2.14. The van der Waals surface area contributed by atoms with E-state index < -0.39 is 0 Å². The van der Waals surface area contributed by atoms with Crippen LogP contribution >= 0.6 is 0 Å². The summed E-state index contributed by atoms with van der Waals surface area (Å²) in [5.41, 5.74) is 7.93. The second-order valence-electron chi connectivity index (χ2n) is 3.07. The van der Waals surface area contributed by atoms with Crippen molar-refractivity contribution < 1.29 is 0 Å². The second-order valence-corrected chi connectivity index (χ2v) is 3.07. The average molecular weight is 165 g/mol. The molecule has 12 heavy (non-hydrogen) atoms. The van der Waals surface area contributed by atoms with Gasteiger partial charge in [-0.15, -0.1) is 0 Å². The molecule has 0 rings (SSSR count). The minimum atomic E-state index is 0.484. The first-order valence-corrected chi connectivity index (χ1v) is 4.38. The Bertz CT molecular complexity index is 207. The summed E-state index contributed by atoms with van der Waals surface area (Å²) in [5, 5.41) is 0. The van der Waals surface area contributed by atoms with Gasteiger partial charge in [0.1, 0.15) is 0 Å². The molecule has 0 bridgehead atoms. The molecule has 0 aliphatic rings. The minimum absolute atomic E-state index is 0.484. The molecular formula is C11H19N. The third-order valence-electron chi connectivity index (χ3n) is 1.65. The number of allylic oxidation sites excluding steroid dienone is 5. The maximum Gasteiger partial charge on any atom is 0.0345 e. The fraction of sp³-hybridized carbons (Fsp3) is 0.455. The molecule has 0 heterocycles. The van der Waals surface area contributed by atoms with Crippen LogP contribution in [0.1, 0.15) is 27.7 Å². The molecule has 0 amide bonds. The zero-order chi connectivity index (χ0) is 9.56. The van der Waals surface area contributed by atoms with Crippen LogP contribution in [0.4, 0.5) is 0 Å². The van der Waals surface area contributed by atoms with Crippen LogP contribution in [0, 0.1) is 5.92 Å². The average Bonchev–Trinajstić information content (AvgIpc) is 1.99. The Kier molecular flexibility index (Phi) is 5.18. The Morgan fingerprint density at radius 2 is 1.58 bits per heavy atom. The van der Waals surface area contributed by atoms with E-state index in [4.69, 9.17) is 5.73 Å². The number of hydrogen-bond donors (Lipinski definition) is 1. The molecular weight excluding hydrogens is 146 g/mol. The molecule has 2 N–H and O–H groups in total. The topological polar surface area (TPSA) is 26.0 Å². The van der Waals surface area contributed by atoms with Crippen LogP contribution in [-0.2, 0) is 0 Å². The van der Waals surface area contributed by atoms with Crippen molar-refractivity contribution in [1.29, 1.82) is 0 Å². The lowest BCUT2D eigenvalue weighted by atomic mass is 10.0. The SMILES string of the molecule is C\C=C/C(N)=C(\C=C/C)C(C)C. The lowest BCUT2D eigenvalue weighted by Gasteiger charge is -2.08. The molecule has 0 aliphatic carbocycles. The Morgan fingerprint density at radius 3 is 1.92 bits per heavy atom. The van der Waals surface area contributed by atoms with E-state index in [-0.39, 0.29) is 0 Å². The third kappa shape index (κ3) is 3.42. The Morgan fingerprint density at radius 1 is 1.08 bits per heavy atom. The van der Waals surface area contributed by atoms with E-state index in [1.54, 1.807) is 0 Å². The first-order chi connectivity index (χ1) is 5.63. The van der Waals surface area contributed by atoms with E-state index in [9.17, 15) is 0 Å². The van der Waals surface area contributed by atoms with Crippen LogP contribution in [0.5, 0.6) is 0 Å². The summed E-state index contributed by atoms with van der Waals surface area (Å²) in [7, 11) is 0. The maximum atomic E-state index is 5.86. The highest BCUT2D eigenvalue weighted by Gasteiger charge is 2.01. The molecule has 1 nitrogen and oxygen atoms in total. The van der Waals surface area contributed by atoms with E-state index in [1.807, 2.05) is 32.1 Å². The van der Waals surface area contributed by atoms with Crippen LogP contribution < -0.4 is 5.73 Å². The quantitative estimate of drug-likeness (QED) is 0.639. The van der Waals surface area contributed by atoms with Crippen molar-refractivity contribution in [3.8, 4) is 0 Å². The first kappa shape index (κ1) is 11.0. The van der Waals surface area contributed by atoms with Gasteiger partial charge < -0.3 is 5.73 Å². The number of hydrogen-bond acceptors (Lipinski definition) is 1. The molecule has 0 fully saturated rings. The van der Waals surface area contributed by atoms with Crippen molar-refractivity contribution in [3.63, 3.8) is 0 Å². The maximum absolute atomic E-state index is 5.86. The van der Waals surface area contributed by atoms with Gasteiger partial charge in [0.05, 0.1) is 0 Å². The van der Waals surface area contributed by atoms with Gasteiger partial charge in [-0.05, 0) is 31.4 Å². The lowest BCUT2D eigenvalue weighted by molar-refractivity contribution is 0.781. The zero-order valence-corrected chi connectivity index (χ0v) is 8.46. The van der Waals surface area contributed by atoms with Gasteiger partial charge in [0, 0.05) is 5.70 Å². The summed E-state index contributed by atoms with van der Waals surface area (Å²) in [5.74, 6) is 0.484. The standard InChI is InChI=1S/C11H19N/c1-5-7-10(9(3)4)11(12)8-6-2/h5-9H,12H2,1-4H3/b7-5-,8-6-,11-10-. The number of rotatable bonds is 3. The molecule has 0 saturated heterocycles. The molecule has 0 radical (unpaired) electrons. The van der Waals surface area contributed by atoms with Gasteiger partial charge in [-0.3, -0.25) is 0 Å². The molecule has 68 valence electrons. The second kappa shape index (κ2) is 5.64. The predicted octanol–water partition coefficient (Wildman–Crippen LogP) is 3.01. The largest absolute Gasteiger partial charge is 0.399 e. The molecule has 0 aromatic heterocycles. The van der Waals surface area contributed by atoms with Gasteiger partial charge in [0.25, 0.3) is 0 Å². The van der Waals surface area contributed by atoms with Gasteiger partial charge >= 0.3 is 0 Å². The minimum Gasteiger partial charge on any atom is -0.399 e. The van der Waals surface area contributed by atoms with Crippen LogP contribution in [0.2, 0.25) is 0 Å². The first-order valence-electron chi connectivity index (χ1n) is 4.38. The van der Waals surface area contributed by atoms with Crippen LogP contribution in [0.3, 0.4) is 0 Å². The highest BCUT2D eigenvalue weighted by molar-refractivity contribution is 5.31. The van der Waals surface area contributed by atoms with Crippen molar-refractivity contribution in [2.75, 3.05) is 0 Å². The molecule has 0 aromatic carbocycles. The fourth-order valence-electron chi connectivity index (χ4n) is 1.08. The molecule has 0 unspecified atom stereocenters. The Balaban J connectivity index is 4.79. The van der Waals surface area contributed by atoms with Gasteiger partial charge in [-0.2, -0.15) is 0 Å². The van der Waals surface area contributed by atoms with Crippen LogP contribution in [-0.4, -0.2) is 0 Å². The Hall–Kier alpha value is -0.980. The van der Waals surface area contributed by atoms with E-state index >= 15 is 0 Å². The van der Waals surface area contributed by atoms with E-state index in [0.29, 0.717) is 5.92 Å². The summed E-state index contributed by atoms with van der Waals surface area (Å²) < 4.78 is 0. The van der Waals surface area contributed by atoms with Crippen LogP contribution in [0.25, 0.3) is 0 Å². The summed E-state index contributed by atoms with van der Waals surface area (Å²) in [6, 6.07) is 0. The van der Waals surface area contributed by atoms with Crippen molar-refractivity contribution >= 4 is 0 Å². The van der Waals surface area contributed by atoms with Gasteiger partial charge in [0.2, 0.25) is 0 Å². The van der Waals surface area contributed by atoms with E-state index in [0.717, 1.165) is 5.70 Å². The molecule has 0 atom stereocenters. The van der Waals surface area contributed by atoms with E-state index in [2.05, 4.69) is 19.9 Å². The summed E-state index contributed by atoms with van der Waals surface area (Å²) in [4.78, 5) is 0. The molecule has 0 spiro atoms. The monoisotopic (exact) mass is 165 g/mol. The van der Waals surface area contributed by atoms with Crippen molar-refractivity contribution in [1.82, 2.24) is 0 Å². The molecule has 0 aromatic rings. The fourth-order valence-corrected chi connectivity index (χ4v) is 1.08. The van der Waals surface area contributed by atoms with Crippen LogP contribution in [0.15, 0.2) is 35.6 Å². The zero-order valence-electron chi connectivity index (χ0n) is 8.46. The van der Waals surface area contributed by atoms with Crippen molar-refractivity contribution in [2.24, 2.45) is 11.7 Å². The lowest BCUT2D eigenvalue weighted by Crippen LogP contribution is -2.03. The van der Waals surface area contributed by atoms with Gasteiger partial charge in [-0.1, -0.05) is 32.1 Å². The normalized spacial score (nSPS) is 14.8. The Labute approximate surface area is 75.7 Å². The smallest absolute Gasteiger partial charge is 0.0345 e. The summed E-state index contributed by atoms with van der Waals surface area (Å²) >= 11 is 0. The molecule has 0 aliphatic heterocycles. The molecule has 1 heteroatoms. The van der Waals surface area contributed by atoms with Crippen molar-refractivity contribution in [2.45, 2.75) is 27.7 Å². The van der Waals surface area contributed by atoms with Gasteiger partial charge in [-0.25, -0.2) is 0 Å². The number of nitrogens with two attached hydrogens (primary N) is 1. The predicted molar refractivity (Wildman–Crippen MR) is 55.7 cm³/mol.